The molecule has 1 aromatic carbocycles. The lowest BCUT2D eigenvalue weighted by Crippen LogP contribution is -2.47. The number of amides is 2. The largest absolute Gasteiger partial charge is 0.372 e. The van der Waals surface area contributed by atoms with Crippen LogP contribution in [0.5, 0.6) is 0 Å². The van der Waals surface area contributed by atoms with Gasteiger partial charge < -0.3 is 20.3 Å². The van der Waals surface area contributed by atoms with Crippen LogP contribution in [-0.4, -0.2) is 67.7 Å². The molecule has 3 rings (SSSR count). The van der Waals surface area contributed by atoms with E-state index in [0.29, 0.717) is 6.54 Å². The van der Waals surface area contributed by atoms with E-state index in [1.54, 1.807) is 0 Å². The van der Waals surface area contributed by atoms with Crippen molar-refractivity contribution in [3.63, 3.8) is 0 Å². The lowest BCUT2D eigenvalue weighted by molar-refractivity contribution is -0.125. The summed E-state index contributed by atoms with van der Waals surface area (Å²) in [5.41, 5.74) is 1.97. The zero-order valence-electron chi connectivity index (χ0n) is 18.7. The predicted molar refractivity (Wildman–Crippen MR) is 120 cm³/mol. The number of benzene rings is 1. The third kappa shape index (κ3) is 6.44. The van der Waals surface area contributed by atoms with E-state index in [4.69, 9.17) is 4.74 Å². The summed E-state index contributed by atoms with van der Waals surface area (Å²) in [6, 6.07) is 8.27. The Morgan fingerprint density at radius 2 is 1.67 bits per heavy atom. The van der Waals surface area contributed by atoms with Crippen LogP contribution < -0.4 is 15.5 Å². The number of carbonyl (C=O) groups excluding carboxylic acids is 2. The number of anilines is 2. The minimum absolute atomic E-state index is 0.000956. The molecule has 1 aromatic rings. The molecule has 2 saturated heterocycles. The summed E-state index contributed by atoms with van der Waals surface area (Å²) in [7, 11) is 0. The fourth-order valence-electron chi connectivity index (χ4n) is 4.15. The molecule has 166 valence electrons. The summed E-state index contributed by atoms with van der Waals surface area (Å²) >= 11 is 0. The SMILES string of the molecule is CC1CN(c2ccc(NC(=O)CN3CCC(NC(=O)C(C)C)CC3)cc2)CC(C)O1. The Bertz CT molecular complexity index is 704. The van der Waals surface area contributed by atoms with Gasteiger partial charge in [0.25, 0.3) is 0 Å². The summed E-state index contributed by atoms with van der Waals surface area (Å²) in [5, 5.41) is 6.09. The van der Waals surface area contributed by atoms with E-state index < -0.39 is 0 Å². The van der Waals surface area contributed by atoms with Gasteiger partial charge in [0.05, 0.1) is 18.8 Å². The zero-order valence-corrected chi connectivity index (χ0v) is 18.7. The second-order valence-electron chi connectivity index (χ2n) is 8.97. The Morgan fingerprint density at radius 1 is 1.07 bits per heavy atom. The summed E-state index contributed by atoms with van der Waals surface area (Å²) < 4.78 is 5.80. The van der Waals surface area contributed by atoms with Gasteiger partial charge in [-0.15, -0.1) is 0 Å². The lowest BCUT2D eigenvalue weighted by Gasteiger charge is -2.36. The number of carbonyl (C=O) groups is 2. The smallest absolute Gasteiger partial charge is 0.238 e. The molecule has 2 aliphatic heterocycles. The average Bonchev–Trinajstić information content (AvgIpc) is 2.69. The molecule has 2 N–H and O–H groups in total. The van der Waals surface area contributed by atoms with Gasteiger partial charge in [0.2, 0.25) is 11.8 Å². The molecular weight excluding hydrogens is 380 g/mol. The van der Waals surface area contributed by atoms with Crippen LogP contribution in [0.15, 0.2) is 24.3 Å². The van der Waals surface area contributed by atoms with Crippen LogP contribution in [0.1, 0.15) is 40.5 Å². The quantitative estimate of drug-likeness (QED) is 0.745. The second kappa shape index (κ2) is 10.3. The molecule has 0 aromatic heterocycles. The molecule has 7 nitrogen and oxygen atoms in total. The summed E-state index contributed by atoms with van der Waals surface area (Å²) in [6.45, 7) is 11.8. The first-order valence-corrected chi connectivity index (χ1v) is 11.1. The van der Waals surface area contributed by atoms with Crippen LogP contribution >= 0.6 is 0 Å². The molecule has 2 amide bonds. The van der Waals surface area contributed by atoms with Crippen molar-refractivity contribution in [3.05, 3.63) is 24.3 Å². The maximum Gasteiger partial charge on any atom is 0.238 e. The van der Waals surface area contributed by atoms with Gasteiger partial charge >= 0.3 is 0 Å². The van der Waals surface area contributed by atoms with Crippen LogP contribution in [0.25, 0.3) is 0 Å². The van der Waals surface area contributed by atoms with Crippen molar-refractivity contribution in [2.45, 2.75) is 58.8 Å². The molecule has 0 aliphatic carbocycles. The number of nitrogens with one attached hydrogen (secondary N) is 2. The number of morpholine rings is 1. The van der Waals surface area contributed by atoms with Crippen molar-refractivity contribution in [1.29, 1.82) is 0 Å². The van der Waals surface area contributed by atoms with Gasteiger partial charge in [-0.25, -0.2) is 0 Å². The molecule has 0 spiro atoms. The monoisotopic (exact) mass is 416 g/mol. The van der Waals surface area contributed by atoms with Crippen molar-refractivity contribution in [2.24, 2.45) is 5.92 Å². The number of rotatable bonds is 6. The highest BCUT2D eigenvalue weighted by molar-refractivity contribution is 5.92. The molecule has 2 atom stereocenters. The van der Waals surface area contributed by atoms with E-state index in [1.807, 2.05) is 26.0 Å². The second-order valence-corrected chi connectivity index (χ2v) is 8.97. The van der Waals surface area contributed by atoms with E-state index in [2.05, 4.69) is 46.4 Å². The van der Waals surface area contributed by atoms with E-state index in [1.165, 1.54) is 0 Å². The molecule has 0 radical (unpaired) electrons. The van der Waals surface area contributed by atoms with E-state index in [-0.39, 0.29) is 36.0 Å². The highest BCUT2D eigenvalue weighted by Gasteiger charge is 2.24. The Morgan fingerprint density at radius 3 is 2.23 bits per heavy atom. The summed E-state index contributed by atoms with van der Waals surface area (Å²) in [4.78, 5) is 28.8. The van der Waals surface area contributed by atoms with Gasteiger partial charge in [-0.2, -0.15) is 0 Å². The Hall–Kier alpha value is -2.12. The first kappa shape index (κ1) is 22.6. The van der Waals surface area contributed by atoms with Crippen LogP contribution in [0, 0.1) is 5.92 Å². The first-order valence-electron chi connectivity index (χ1n) is 11.1. The number of likely N-dealkylation sites (tertiary alicyclic amines) is 1. The topological polar surface area (TPSA) is 73.9 Å². The van der Waals surface area contributed by atoms with E-state index >= 15 is 0 Å². The standard InChI is InChI=1S/C23H36N4O3/c1-16(2)23(29)25-20-9-11-26(12-10-20)15-22(28)24-19-5-7-21(8-6-19)27-13-17(3)30-18(4)14-27/h5-8,16-18,20H,9-15H2,1-4H3,(H,24,28)(H,25,29). The predicted octanol–water partition coefficient (Wildman–Crippen LogP) is 2.48. The Labute approximate surface area is 180 Å². The van der Waals surface area contributed by atoms with Gasteiger partial charge in [0.15, 0.2) is 0 Å². The van der Waals surface area contributed by atoms with Crippen molar-refractivity contribution in [1.82, 2.24) is 10.2 Å². The fraction of sp³-hybridized carbons (Fsp3) is 0.652. The molecular formula is C23H36N4O3. The molecule has 30 heavy (non-hydrogen) atoms. The minimum Gasteiger partial charge on any atom is -0.372 e. The molecule has 0 saturated carbocycles. The van der Waals surface area contributed by atoms with Crippen LogP contribution in [0.4, 0.5) is 11.4 Å². The highest BCUT2D eigenvalue weighted by Crippen LogP contribution is 2.22. The van der Waals surface area contributed by atoms with Gasteiger partial charge in [0, 0.05) is 49.5 Å². The van der Waals surface area contributed by atoms with Crippen molar-refractivity contribution >= 4 is 23.2 Å². The highest BCUT2D eigenvalue weighted by atomic mass is 16.5. The number of nitrogens with zero attached hydrogens (tertiary/aromatic N) is 2. The summed E-state index contributed by atoms with van der Waals surface area (Å²) in [5.74, 6) is 0.118. The number of ether oxygens (including phenoxy) is 1. The normalized spacial score (nSPS) is 23.4. The average molecular weight is 417 g/mol. The Balaban J connectivity index is 1.43. The van der Waals surface area contributed by atoms with Gasteiger partial charge in [-0.05, 0) is 51.0 Å². The van der Waals surface area contributed by atoms with Gasteiger partial charge in [-0.3, -0.25) is 14.5 Å². The van der Waals surface area contributed by atoms with Gasteiger partial charge in [-0.1, -0.05) is 13.8 Å². The van der Waals surface area contributed by atoms with Crippen LogP contribution in [0.3, 0.4) is 0 Å². The van der Waals surface area contributed by atoms with E-state index in [0.717, 1.165) is 50.4 Å². The van der Waals surface area contributed by atoms with Crippen molar-refractivity contribution < 1.29 is 14.3 Å². The zero-order chi connectivity index (χ0) is 21.7. The fourth-order valence-corrected chi connectivity index (χ4v) is 4.15. The van der Waals surface area contributed by atoms with Crippen LogP contribution in [-0.2, 0) is 14.3 Å². The number of hydrogen-bond acceptors (Lipinski definition) is 5. The minimum atomic E-state index is 0.000956. The third-order valence-electron chi connectivity index (χ3n) is 5.76. The third-order valence-corrected chi connectivity index (χ3v) is 5.76. The molecule has 2 unspecified atom stereocenters. The van der Waals surface area contributed by atoms with E-state index in [9.17, 15) is 9.59 Å². The number of hydrogen-bond donors (Lipinski definition) is 2. The maximum atomic E-state index is 12.5. The first-order chi connectivity index (χ1) is 14.3. The summed E-state index contributed by atoms with van der Waals surface area (Å²) in [6.07, 6.45) is 2.21. The molecule has 2 aliphatic rings. The molecule has 7 heteroatoms. The Kier molecular flexibility index (Phi) is 7.72. The molecule has 2 heterocycles. The molecule has 2 fully saturated rings. The van der Waals surface area contributed by atoms with Crippen LogP contribution in [0.2, 0.25) is 0 Å². The maximum absolute atomic E-state index is 12.5. The van der Waals surface area contributed by atoms with Crippen molar-refractivity contribution in [3.8, 4) is 0 Å². The van der Waals surface area contributed by atoms with Crippen molar-refractivity contribution in [2.75, 3.05) is 42.9 Å². The number of piperidine rings is 1. The van der Waals surface area contributed by atoms with Gasteiger partial charge in [0.1, 0.15) is 0 Å². The molecule has 0 bridgehead atoms. The lowest BCUT2D eigenvalue weighted by atomic mass is 10.0.